The molecule has 0 spiro atoms. The SMILES string of the molecule is CC(C)n1nc(C(=O)N(C)C2CC2)cc1Nc1nccc(-c2cc(C#N)c3c(c2)[C@@](C)(COCS(C)(C)C(C)(C)C)CN3C(=O)OC(C)(C)C)n1. The predicted octanol–water partition coefficient (Wildman–Crippen LogP) is 7.62. The Hall–Kier alpha value is -4.15. The van der Waals surface area contributed by atoms with Gasteiger partial charge in [-0.3, -0.25) is 9.69 Å². The van der Waals surface area contributed by atoms with E-state index in [1.165, 1.54) is 0 Å². The van der Waals surface area contributed by atoms with Crippen molar-refractivity contribution < 1.29 is 19.1 Å². The molecular formula is C38H54N8O4S. The maximum absolute atomic E-state index is 13.6. The largest absolute Gasteiger partial charge is 0.443 e. The van der Waals surface area contributed by atoms with Gasteiger partial charge in [-0.25, -0.2) is 29.5 Å². The number of nitriles is 1. The molecule has 2 aromatic heterocycles. The van der Waals surface area contributed by atoms with Gasteiger partial charge in [0.15, 0.2) is 5.69 Å². The van der Waals surface area contributed by atoms with Gasteiger partial charge in [0.25, 0.3) is 5.91 Å². The zero-order valence-electron chi connectivity index (χ0n) is 32.2. The molecule has 0 unspecified atom stereocenters. The van der Waals surface area contributed by atoms with Crippen LogP contribution in [0.5, 0.6) is 0 Å². The number of carbonyl (C=O) groups excluding carboxylic acids is 2. The summed E-state index contributed by atoms with van der Waals surface area (Å²) in [5.74, 6) is 1.40. The lowest BCUT2D eigenvalue weighted by Gasteiger charge is -2.44. The van der Waals surface area contributed by atoms with Crippen LogP contribution in [0, 0.1) is 11.3 Å². The number of carbonyl (C=O) groups is 2. The first-order chi connectivity index (χ1) is 23.6. The fourth-order valence-electron chi connectivity index (χ4n) is 5.87. The second-order valence-corrected chi connectivity index (χ2v) is 21.3. The van der Waals surface area contributed by atoms with Crippen LogP contribution in [0.2, 0.25) is 0 Å². The zero-order valence-corrected chi connectivity index (χ0v) is 33.1. The van der Waals surface area contributed by atoms with Crippen LogP contribution in [0.4, 0.5) is 22.2 Å². The quantitative estimate of drug-likeness (QED) is 0.224. The number of anilines is 3. The molecule has 2 aliphatic rings. The number of fused-ring (bicyclic) bond motifs is 1. The van der Waals surface area contributed by atoms with Gasteiger partial charge in [0.05, 0.1) is 29.5 Å². The Morgan fingerprint density at radius 2 is 1.84 bits per heavy atom. The molecule has 1 N–H and O–H groups in total. The smallest absolute Gasteiger partial charge is 0.414 e. The van der Waals surface area contributed by atoms with Gasteiger partial charge >= 0.3 is 6.09 Å². The summed E-state index contributed by atoms with van der Waals surface area (Å²) in [5.41, 5.74) is 2.00. The maximum Gasteiger partial charge on any atom is 0.414 e. The van der Waals surface area contributed by atoms with Crippen LogP contribution in [-0.4, -0.2) is 91.7 Å². The van der Waals surface area contributed by atoms with Gasteiger partial charge in [-0.05, 0) is 88.5 Å². The van der Waals surface area contributed by atoms with Crippen molar-refractivity contribution in [3.8, 4) is 17.3 Å². The number of nitrogens with zero attached hydrogens (tertiary/aromatic N) is 7. The van der Waals surface area contributed by atoms with E-state index in [2.05, 4.69) is 61.7 Å². The molecule has 1 aliphatic carbocycles. The minimum atomic E-state index is -1.09. The van der Waals surface area contributed by atoms with Gasteiger partial charge in [0.2, 0.25) is 5.95 Å². The summed E-state index contributed by atoms with van der Waals surface area (Å²) in [6.45, 7) is 18.9. The van der Waals surface area contributed by atoms with Gasteiger partial charge in [-0.15, -0.1) is 0 Å². The number of benzene rings is 1. The molecule has 12 nitrogen and oxygen atoms in total. The molecular weight excluding hydrogens is 665 g/mol. The van der Waals surface area contributed by atoms with Gasteiger partial charge in [-0.1, -0.05) is 27.7 Å². The first-order valence-corrected chi connectivity index (χ1v) is 20.1. The van der Waals surface area contributed by atoms with Gasteiger partial charge in [0.1, 0.15) is 17.5 Å². The lowest BCUT2D eigenvalue weighted by molar-refractivity contribution is 0.0569. The Morgan fingerprint density at radius 1 is 1.16 bits per heavy atom. The molecule has 276 valence electrons. The monoisotopic (exact) mass is 718 g/mol. The molecule has 1 aromatic carbocycles. The number of hydrogen-bond donors (Lipinski definition) is 1. The molecule has 1 saturated carbocycles. The standard InChI is InChI=1S/C38H54N8O4S/c1-24(2)46-31(19-30(43-46)33(47)44(10)27-13-14-27)42-34-40-16-15-29(41-34)25-17-26(20-39)32-28(18-25)38(9,21-45(32)35(48)50-36(3,4)5)22-49-23-51(11,12)37(6,7)8/h15-19,24,27H,13-14,21-23H2,1-12H3,(H,40,41,42)/t38-/m1/s1. The molecule has 51 heavy (non-hydrogen) atoms. The van der Waals surface area contributed by atoms with Crippen molar-refractivity contribution in [2.24, 2.45) is 0 Å². The number of ether oxygens (including phenoxy) is 2. The van der Waals surface area contributed by atoms with E-state index >= 15 is 0 Å². The van der Waals surface area contributed by atoms with E-state index in [4.69, 9.17) is 14.5 Å². The lowest BCUT2D eigenvalue weighted by Crippen LogP contribution is -2.41. The second-order valence-electron chi connectivity index (χ2n) is 16.8. The molecule has 3 heterocycles. The summed E-state index contributed by atoms with van der Waals surface area (Å²) in [6, 6.07) is 9.86. The average Bonchev–Trinajstić information content (AvgIpc) is 3.73. The normalized spacial score (nSPS) is 18.0. The number of hydrogen-bond acceptors (Lipinski definition) is 9. The van der Waals surface area contributed by atoms with Crippen molar-refractivity contribution in [1.82, 2.24) is 24.6 Å². The second kappa shape index (κ2) is 13.8. The summed E-state index contributed by atoms with van der Waals surface area (Å²) in [5, 5.41) is 18.3. The number of nitrogens with one attached hydrogen (secondary N) is 1. The van der Waals surface area contributed by atoms with Crippen molar-refractivity contribution >= 4 is 39.5 Å². The van der Waals surface area contributed by atoms with Crippen LogP contribution in [0.1, 0.15) is 103 Å². The van der Waals surface area contributed by atoms with E-state index in [9.17, 15) is 14.9 Å². The molecule has 0 bridgehead atoms. The third-order valence-electron chi connectivity index (χ3n) is 9.78. The minimum absolute atomic E-state index is 0.0262. The molecule has 0 radical (unpaired) electrons. The van der Waals surface area contributed by atoms with Crippen molar-refractivity contribution in [2.45, 2.75) is 103 Å². The van der Waals surface area contributed by atoms with Crippen LogP contribution in [0.3, 0.4) is 0 Å². The Balaban J connectivity index is 1.51. The first-order valence-electron chi connectivity index (χ1n) is 17.5. The van der Waals surface area contributed by atoms with Crippen LogP contribution in [0.25, 0.3) is 11.3 Å². The van der Waals surface area contributed by atoms with Gasteiger partial charge in [-0.2, -0.15) is 10.4 Å². The van der Waals surface area contributed by atoms with Crippen LogP contribution >= 0.6 is 10.0 Å². The molecule has 1 fully saturated rings. The zero-order chi connectivity index (χ0) is 37.7. The van der Waals surface area contributed by atoms with E-state index in [-0.39, 0.29) is 22.7 Å². The van der Waals surface area contributed by atoms with Crippen molar-refractivity contribution in [2.75, 3.05) is 48.9 Å². The maximum atomic E-state index is 13.6. The van der Waals surface area contributed by atoms with Crippen molar-refractivity contribution in [3.05, 3.63) is 47.3 Å². The van der Waals surface area contributed by atoms with E-state index in [1.54, 1.807) is 38.9 Å². The third kappa shape index (κ3) is 8.17. The third-order valence-corrected chi connectivity index (χ3v) is 13.8. The van der Waals surface area contributed by atoms with E-state index in [1.807, 2.05) is 47.7 Å². The lowest BCUT2D eigenvalue weighted by atomic mass is 9.83. The molecule has 1 aliphatic heterocycles. The van der Waals surface area contributed by atoms with E-state index in [0.29, 0.717) is 59.1 Å². The Morgan fingerprint density at radius 3 is 2.43 bits per heavy atom. The fourth-order valence-corrected chi connectivity index (χ4v) is 6.72. The number of rotatable bonds is 10. The summed E-state index contributed by atoms with van der Waals surface area (Å²) in [6.07, 6.45) is 7.72. The summed E-state index contributed by atoms with van der Waals surface area (Å²) < 4.78 is 14.2. The summed E-state index contributed by atoms with van der Waals surface area (Å²) in [7, 11) is 0.727. The first kappa shape index (κ1) is 38.1. The topological polar surface area (TPSA) is 138 Å². The highest BCUT2D eigenvalue weighted by atomic mass is 32.3. The highest BCUT2D eigenvalue weighted by molar-refractivity contribution is 8.33. The highest BCUT2D eigenvalue weighted by Crippen LogP contribution is 2.53. The number of amides is 2. The Labute approximate surface area is 304 Å². The number of aromatic nitrogens is 4. The molecule has 1 atom stereocenters. The van der Waals surface area contributed by atoms with Crippen LogP contribution in [-0.2, 0) is 14.9 Å². The van der Waals surface area contributed by atoms with Crippen LogP contribution in [0.15, 0.2) is 30.5 Å². The molecule has 13 heteroatoms. The van der Waals surface area contributed by atoms with Crippen LogP contribution < -0.4 is 10.2 Å². The van der Waals surface area contributed by atoms with Gasteiger partial charge in [0, 0.05) is 48.9 Å². The molecule has 0 saturated heterocycles. The minimum Gasteiger partial charge on any atom is -0.443 e. The summed E-state index contributed by atoms with van der Waals surface area (Å²) >= 11 is 0. The Kier molecular flexibility index (Phi) is 10.3. The molecule has 5 rings (SSSR count). The molecule has 2 amide bonds. The average molecular weight is 719 g/mol. The van der Waals surface area contributed by atoms with Gasteiger partial charge < -0.3 is 19.7 Å². The van der Waals surface area contributed by atoms with Crippen molar-refractivity contribution in [3.63, 3.8) is 0 Å². The Bertz CT molecular complexity index is 1850. The predicted molar refractivity (Wildman–Crippen MR) is 204 cm³/mol. The van der Waals surface area contributed by atoms with Crippen molar-refractivity contribution in [1.29, 1.82) is 5.26 Å². The van der Waals surface area contributed by atoms with E-state index in [0.717, 1.165) is 18.4 Å². The highest BCUT2D eigenvalue weighted by Gasteiger charge is 2.45. The molecule has 3 aromatic rings. The summed E-state index contributed by atoms with van der Waals surface area (Å²) in [4.78, 5) is 39.4. The van der Waals surface area contributed by atoms with E-state index < -0.39 is 27.1 Å². The fraction of sp³-hybridized carbons (Fsp3) is 0.579.